The summed E-state index contributed by atoms with van der Waals surface area (Å²) in [5, 5.41) is 6.28. The first kappa shape index (κ1) is 27.7. The quantitative estimate of drug-likeness (QED) is 0.113. The summed E-state index contributed by atoms with van der Waals surface area (Å²) in [6.45, 7) is 0.189. The minimum Gasteiger partial charge on any atom is -0.493 e. The smallest absolute Gasteiger partial charge is 0.260 e. The van der Waals surface area contributed by atoms with Gasteiger partial charge in [0.25, 0.3) is 5.91 Å². The number of hydrogen-bond donors (Lipinski definition) is 1. The van der Waals surface area contributed by atoms with E-state index >= 15 is 0 Å². The Kier molecular flexibility index (Phi) is 8.40. The minimum absolute atomic E-state index is 0.0221. The number of benzene rings is 4. The molecule has 0 spiro atoms. The first-order chi connectivity index (χ1) is 19.4. The molecule has 0 aliphatic heterocycles. The van der Waals surface area contributed by atoms with Crippen LogP contribution in [0.15, 0.2) is 93.2 Å². The van der Waals surface area contributed by atoms with Crippen LogP contribution in [-0.2, 0) is 17.9 Å². The van der Waals surface area contributed by atoms with Crippen LogP contribution in [0.1, 0.15) is 11.1 Å². The molecule has 1 N–H and O–H groups in total. The van der Waals surface area contributed by atoms with Crippen LogP contribution in [0.3, 0.4) is 0 Å². The number of methoxy groups -OCH3 is 1. The topological polar surface area (TPSA) is 81.9 Å². The molecular formula is C30H22BrCl2N3O4. The molecule has 0 saturated heterocycles. The normalized spacial score (nSPS) is 11.3. The first-order valence-electron chi connectivity index (χ1n) is 12.1. The average Bonchev–Trinajstić information content (AvgIpc) is 2.95. The average molecular weight is 639 g/mol. The molecule has 0 fully saturated rings. The highest BCUT2D eigenvalue weighted by Gasteiger charge is 2.14. The number of halogens is 3. The van der Waals surface area contributed by atoms with E-state index in [0.717, 1.165) is 5.56 Å². The predicted octanol–water partition coefficient (Wildman–Crippen LogP) is 6.96. The second-order valence-corrected chi connectivity index (χ2v) is 10.5. The zero-order valence-electron chi connectivity index (χ0n) is 21.2. The van der Waals surface area contributed by atoms with Crippen molar-refractivity contribution in [1.82, 2.24) is 9.99 Å². The summed E-state index contributed by atoms with van der Waals surface area (Å²) >= 11 is 15.8. The summed E-state index contributed by atoms with van der Waals surface area (Å²) in [5.74, 6) is 0.617. The Morgan fingerprint density at radius 1 is 1.00 bits per heavy atom. The SMILES string of the molecule is COc1cc(/C=N\NC(=O)Cn2c3ccccc3c(=O)c3ccccc32)cc(Br)c1OCc1ccc(Cl)cc1Cl. The standard InChI is InChI=1S/C30H22BrCl2N3O4/c1-39-27-13-18(12-23(31)30(27)40-17-19-10-11-20(32)14-24(19)33)15-34-35-28(37)16-36-25-8-4-2-6-21(25)29(38)22-7-3-5-9-26(22)36/h2-15H,16-17H2,1H3,(H,35,37)/b34-15-. The van der Waals surface area contributed by atoms with E-state index in [-0.39, 0.29) is 24.5 Å². The molecule has 5 aromatic rings. The number of carbonyl (C=O) groups excluding carboxylic acids is 1. The van der Waals surface area contributed by atoms with E-state index in [1.807, 2.05) is 41.0 Å². The highest BCUT2D eigenvalue weighted by molar-refractivity contribution is 9.10. The molecular weight excluding hydrogens is 617 g/mol. The highest BCUT2D eigenvalue weighted by atomic mass is 79.9. The van der Waals surface area contributed by atoms with Gasteiger partial charge in [-0.25, -0.2) is 5.43 Å². The van der Waals surface area contributed by atoms with E-state index in [9.17, 15) is 9.59 Å². The lowest BCUT2D eigenvalue weighted by atomic mass is 10.1. The summed E-state index contributed by atoms with van der Waals surface area (Å²) < 4.78 is 13.9. The first-order valence-corrected chi connectivity index (χ1v) is 13.7. The summed E-state index contributed by atoms with van der Waals surface area (Å²) in [5.41, 5.74) is 5.30. The number of rotatable bonds is 8. The van der Waals surface area contributed by atoms with E-state index in [0.29, 0.717) is 53.4 Å². The predicted molar refractivity (Wildman–Crippen MR) is 163 cm³/mol. The van der Waals surface area contributed by atoms with Crippen molar-refractivity contribution in [2.24, 2.45) is 5.10 Å². The maximum Gasteiger partial charge on any atom is 0.260 e. The van der Waals surface area contributed by atoms with Crippen molar-refractivity contribution in [1.29, 1.82) is 0 Å². The van der Waals surface area contributed by atoms with Gasteiger partial charge in [0.15, 0.2) is 16.9 Å². The molecule has 4 aromatic carbocycles. The van der Waals surface area contributed by atoms with Gasteiger partial charge in [-0.3, -0.25) is 9.59 Å². The van der Waals surface area contributed by atoms with E-state index in [1.54, 1.807) is 42.5 Å². The number of aromatic nitrogens is 1. The van der Waals surface area contributed by atoms with Crippen molar-refractivity contribution in [2.75, 3.05) is 7.11 Å². The number of ether oxygens (including phenoxy) is 2. The van der Waals surface area contributed by atoms with Crippen LogP contribution in [0.4, 0.5) is 0 Å². The number of nitrogens with one attached hydrogen (secondary N) is 1. The molecule has 10 heteroatoms. The number of para-hydroxylation sites is 2. The van der Waals surface area contributed by atoms with Crippen LogP contribution in [0.2, 0.25) is 10.0 Å². The summed E-state index contributed by atoms with van der Waals surface area (Å²) in [6.07, 6.45) is 1.51. The van der Waals surface area contributed by atoms with E-state index in [2.05, 4.69) is 26.5 Å². The lowest BCUT2D eigenvalue weighted by Gasteiger charge is -2.14. The Bertz CT molecular complexity index is 1780. The number of nitrogens with zero attached hydrogens (tertiary/aromatic N) is 2. The summed E-state index contributed by atoms with van der Waals surface area (Å²) in [6, 6.07) is 23.2. The Balaban J connectivity index is 1.32. The molecule has 1 amide bonds. The molecule has 0 aliphatic rings. The highest BCUT2D eigenvalue weighted by Crippen LogP contribution is 2.37. The molecule has 0 radical (unpaired) electrons. The lowest BCUT2D eigenvalue weighted by Crippen LogP contribution is -2.25. The van der Waals surface area contributed by atoms with Gasteiger partial charge in [0.2, 0.25) is 0 Å². The van der Waals surface area contributed by atoms with Gasteiger partial charge in [-0.15, -0.1) is 0 Å². The van der Waals surface area contributed by atoms with Gasteiger partial charge in [0, 0.05) is 26.4 Å². The van der Waals surface area contributed by atoms with Crippen LogP contribution in [-0.4, -0.2) is 23.8 Å². The molecule has 1 heterocycles. The molecule has 5 rings (SSSR count). The number of carbonyl (C=O) groups is 1. The molecule has 202 valence electrons. The maximum absolute atomic E-state index is 12.9. The number of pyridine rings is 1. The monoisotopic (exact) mass is 637 g/mol. The molecule has 0 aliphatic carbocycles. The van der Waals surface area contributed by atoms with Crippen LogP contribution >= 0.6 is 39.1 Å². The lowest BCUT2D eigenvalue weighted by molar-refractivity contribution is -0.121. The van der Waals surface area contributed by atoms with Gasteiger partial charge in [-0.2, -0.15) is 5.10 Å². The second-order valence-electron chi connectivity index (χ2n) is 8.80. The third-order valence-corrected chi connectivity index (χ3v) is 7.40. The molecule has 7 nitrogen and oxygen atoms in total. The molecule has 0 unspecified atom stereocenters. The van der Waals surface area contributed by atoms with Gasteiger partial charge in [0.1, 0.15) is 13.2 Å². The zero-order chi connectivity index (χ0) is 28.2. The number of hydrogen-bond acceptors (Lipinski definition) is 5. The van der Waals surface area contributed by atoms with Crippen molar-refractivity contribution >= 4 is 73.1 Å². The van der Waals surface area contributed by atoms with Crippen LogP contribution < -0.4 is 20.3 Å². The Morgan fingerprint density at radius 2 is 1.68 bits per heavy atom. The maximum atomic E-state index is 12.9. The summed E-state index contributed by atoms with van der Waals surface area (Å²) in [7, 11) is 1.53. The molecule has 40 heavy (non-hydrogen) atoms. The third kappa shape index (κ3) is 5.84. The van der Waals surface area contributed by atoms with Crippen LogP contribution in [0, 0.1) is 0 Å². The largest absolute Gasteiger partial charge is 0.493 e. The minimum atomic E-state index is -0.346. The Hall–Kier alpha value is -3.85. The molecule has 0 bridgehead atoms. The fourth-order valence-electron chi connectivity index (χ4n) is 4.35. The molecule has 0 saturated carbocycles. The van der Waals surface area contributed by atoms with Gasteiger partial charge in [-0.05, 0) is 70.0 Å². The van der Waals surface area contributed by atoms with Crippen molar-refractivity contribution < 1.29 is 14.3 Å². The van der Waals surface area contributed by atoms with Crippen molar-refractivity contribution in [3.8, 4) is 11.5 Å². The summed E-state index contributed by atoms with van der Waals surface area (Å²) in [4.78, 5) is 25.8. The van der Waals surface area contributed by atoms with Crippen LogP contribution in [0.25, 0.3) is 21.8 Å². The van der Waals surface area contributed by atoms with E-state index in [1.165, 1.54) is 13.3 Å². The van der Waals surface area contributed by atoms with Gasteiger partial charge < -0.3 is 14.0 Å². The second kappa shape index (κ2) is 12.1. The fourth-order valence-corrected chi connectivity index (χ4v) is 5.39. The van der Waals surface area contributed by atoms with E-state index < -0.39 is 0 Å². The number of hydrazone groups is 1. The fraction of sp³-hybridized carbons (Fsp3) is 0.100. The van der Waals surface area contributed by atoms with Crippen molar-refractivity contribution in [3.63, 3.8) is 0 Å². The zero-order valence-corrected chi connectivity index (χ0v) is 24.3. The van der Waals surface area contributed by atoms with Gasteiger partial charge in [-0.1, -0.05) is 53.5 Å². The van der Waals surface area contributed by atoms with Crippen molar-refractivity contribution in [3.05, 3.63) is 115 Å². The number of fused-ring (bicyclic) bond motifs is 2. The Labute approximate surface area is 248 Å². The van der Waals surface area contributed by atoms with Gasteiger partial charge >= 0.3 is 0 Å². The van der Waals surface area contributed by atoms with Crippen LogP contribution in [0.5, 0.6) is 11.5 Å². The third-order valence-electron chi connectivity index (χ3n) is 6.22. The molecule has 1 aromatic heterocycles. The Morgan fingerprint density at radius 3 is 2.33 bits per heavy atom. The van der Waals surface area contributed by atoms with E-state index in [4.69, 9.17) is 32.7 Å². The number of amides is 1. The van der Waals surface area contributed by atoms with Gasteiger partial charge in [0.05, 0.1) is 28.8 Å². The van der Waals surface area contributed by atoms with Crippen molar-refractivity contribution in [2.45, 2.75) is 13.2 Å². The molecule has 0 atom stereocenters.